The highest BCUT2D eigenvalue weighted by Crippen LogP contribution is 2.41. The molecule has 0 radical (unpaired) electrons. The van der Waals surface area contributed by atoms with E-state index in [-0.39, 0.29) is 16.7 Å². The van der Waals surface area contributed by atoms with Gasteiger partial charge in [0.15, 0.2) is 0 Å². The van der Waals surface area contributed by atoms with Gasteiger partial charge in [-0.1, -0.05) is 66.8 Å². The molecule has 1 atom stereocenters. The van der Waals surface area contributed by atoms with E-state index in [1.54, 1.807) is 0 Å². The summed E-state index contributed by atoms with van der Waals surface area (Å²) in [6.07, 6.45) is 1.85. The molecule has 0 amide bonds. The lowest BCUT2D eigenvalue weighted by molar-refractivity contribution is 0.455. The number of allylic oxidation sites excluding steroid dienone is 1. The third kappa shape index (κ3) is 2.83. The van der Waals surface area contributed by atoms with E-state index in [1.807, 2.05) is 48.5 Å². The number of nitrogens with zero attached hydrogens (tertiary/aromatic N) is 1. The summed E-state index contributed by atoms with van der Waals surface area (Å²) >= 11 is 0.993. The number of para-hydroxylation sites is 1. The van der Waals surface area contributed by atoms with Gasteiger partial charge in [-0.05, 0) is 17.7 Å². The van der Waals surface area contributed by atoms with Gasteiger partial charge in [0, 0.05) is 17.1 Å². The normalized spacial score (nSPS) is 15.9. The van der Waals surface area contributed by atoms with Gasteiger partial charge in [0.2, 0.25) is 5.88 Å². The molecule has 0 aliphatic carbocycles. The smallest absolute Gasteiger partial charge is 0.307 e. The first-order valence-electron chi connectivity index (χ1n) is 8.00. The predicted molar refractivity (Wildman–Crippen MR) is 103 cm³/mol. The summed E-state index contributed by atoms with van der Waals surface area (Å²) in [6.45, 7) is 2.12. The Labute approximate surface area is 148 Å². The number of aromatic hydroxyl groups is 1. The van der Waals surface area contributed by atoms with Crippen molar-refractivity contribution in [1.82, 2.24) is 4.98 Å². The summed E-state index contributed by atoms with van der Waals surface area (Å²) in [7, 11) is 0. The van der Waals surface area contributed by atoms with Crippen LogP contribution in [0.4, 0.5) is 5.69 Å². The van der Waals surface area contributed by atoms with Gasteiger partial charge in [-0.3, -0.25) is 14.8 Å². The van der Waals surface area contributed by atoms with Crippen molar-refractivity contribution in [3.63, 3.8) is 0 Å². The number of fused-ring (bicyclic) bond motifs is 1. The van der Waals surface area contributed by atoms with E-state index in [2.05, 4.69) is 24.0 Å². The van der Waals surface area contributed by atoms with Crippen molar-refractivity contribution >= 4 is 34.4 Å². The lowest BCUT2D eigenvalue weighted by atomic mass is 9.89. The van der Waals surface area contributed by atoms with Crippen LogP contribution in [-0.2, 0) is 0 Å². The highest BCUT2D eigenvalue weighted by atomic mass is 32.1. The van der Waals surface area contributed by atoms with Gasteiger partial charge < -0.3 is 5.11 Å². The highest BCUT2D eigenvalue weighted by molar-refractivity contribution is 7.10. The van der Waals surface area contributed by atoms with E-state index in [1.165, 1.54) is 5.56 Å². The Morgan fingerprint density at radius 3 is 2.56 bits per heavy atom. The highest BCUT2D eigenvalue weighted by Gasteiger charge is 2.26. The van der Waals surface area contributed by atoms with Crippen LogP contribution in [0.15, 0.2) is 64.4 Å². The van der Waals surface area contributed by atoms with Gasteiger partial charge in [-0.25, -0.2) is 0 Å². The van der Waals surface area contributed by atoms with Crippen LogP contribution in [0.25, 0.3) is 11.6 Å². The number of hydrogen-bond donors (Lipinski definition) is 2. The second-order valence-corrected chi connectivity index (χ2v) is 6.95. The van der Waals surface area contributed by atoms with Crippen LogP contribution in [0.2, 0.25) is 0 Å². The predicted octanol–water partition coefficient (Wildman–Crippen LogP) is 4.57. The molecule has 1 aromatic heterocycles. The maximum absolute atomic E-state index is 11.5. The van der Waals surface area contributed by atoms with Crippen molar-refractivity contribution in [3.8, 4) is 5.88 Å². The molecule has 4 nitrogen and oxygen atoms in total. The minimum atomic E-state index is -0.273. The zero-order valence-electron chi connectivity index (χ0n) is 13.6. The molecule has 4 rings (SSSR count). The topological polar surface area (TPSA) is 65.5 Å². The molecule has 1 aliphatic rings. The standard InChI is InChI=1S/C20H16N2O2S/c1-12(13-7-3-2-4-8-13)18-15(11-17-19(23)22-20(24)25-17)14-9-5-6-10-16(14)21-18/h2-12,23H,1H3,(H,22,24). The maximum atomic E-state index is 11.5. The molecular weight excluding hydrogens is 332 g/mol. The molecule has 0 fully saturated rings. The van der Waals surface area contributed by atoms with Crippen LogP contribution in [-0.4, -0.2) is 15.8 Å². The first-order valence-corrected chi connectivity index (χ1v) is 8.82. The van der Waals surface area contributed by atoms with Gasteiger partial charge >= 0.3 is 4.87 Å². The summed E-state index contributed by atoms with van der Waals surface area (Å²) in [6, 6.07) is 18.1. The molecule has 2 N–H and O–H groups in total. The number of aromatic amines is 1. The zero-order valence-corrected chi connectivity index (χ0v) is 14.4. The van der Waals surface area contributed by atoms with Crippen LogP contribution >= 0.6 is 11.3 Å². The van der Waals surface area contributed by atoms with Crippen molar-refractivity contribution in [3.05, 3.63) is 80.3 Å². The van der Waals surface area contributed by atoms with Gasteiger partial charge in [-0.15, -0.1) is 0 Å². The number of rotatable bonds is 3. The summed E-state index contributed by atoms with van der Waals surface area (Å²) < 4.78 is 0. The lowest BCUT2D eigenvalue weighted by Crippen LogP contribution is -2.08. The Balaban J connectivity index is 1.85. The van der Waals surface area contributed by atoms with Crippen molar-refractivity contribution in [1.29, 1.82) is 0 Å². The minimum Gasteiger partial charge on any atom is -0.493 e. The van der Waals surface area contributed by atoms with E-state index in [9.17, 15) is 9.90 Å². The van der Waals surface area contributed by atoms with E-state index in [4.69, 9.17) is 4.99 Å². The molecule has 5 heteroatoms. The van der Waals surface area contributed by atoms with Crippen LogP contribution in [0.1, 0.15) is 28.8 Å². The summed E-state index contributed by atoms with van der Waals surface area (Å²) in [5, 5.41) is 9.95. The van der Waals surface area contributed by atoms with Gasteiger partial charge in [0.1, 0.15) is 0 Å². The third-order valence-electron chi connectivity index (χ3n) is 4.35. The number of nitrogens with one attached hydrogen (secondary N) is 1. The largest absolute Gasteiger partial charge is 0.493 e. The molecule has 1 unspecified atom stereocenters. The van der Waals surface area contributed by atoms with Crippen LogP contribution in [0.5, 0.6) is 5.88 Å². The summed E-state index contributed by atoms with van der Waals surface area (Å²) in [5.41, 5.74) is 4.98. The number of H-pyrrole nitrogens is 1. The number of thiazole rings is 1. The average Bonchev–Trinajstić information content (AvgIpc) is 3.15. The average molecular weight is 348 g/mol. The SMILES string of the molecule is CC(C1=Nc2ccccc2C1=Cc1sc(=O)[nH]c1O)c1ccccc1. The number of benzene rings is 2. The van der Waals surface area contributed by atoms with E-state index >= 15 is 0 Å². The first kappa shape index (κ1) is 15.6. The van der Waals surface area contributed by atoms with Gasteiger partial charge in [0.05, 0.1) is 16.3 Å². The summed E-state index contributed by atoms with van der Waals surface area (Å²) in [4.78, 5) is 19.0. The monoisotopic (exact) mass is 348 g/mol. The molecule has 25 heavy (non-hydrogen) atoms. The van der Waals surface area contributed by atoms with E-state index < -0.39 is 0 Å². The van der Waals surface area contributed by atoms with Crippen molar-refractivity contribution in [2.75, 3.05) is 0 Å². The van der Waals surface area contributed by atoms with Crippen molar-refractivity contribution < 1.29 is 5.11 Å². The van der Waals surface area contributed by atoms with E-state index in [0.717, 1.165) is 33.9 Å². The van der Waals surface area contributed by atoms with Gasteiger partial charge in [-0.2, -0.15) is 0 Å². The number of hydrogen-bond acceptors (Lipinski definition) is 4. The second kappa shape index (κ2) is 6.18. The Bertz CT molecular complexity index is 1040. The van der Waals surface area contributed by atoms with Crippen molar-refractivity contribution in [2.24, 2.45) is 4.99 Å². The Kier molecular flexibility index (Phi) is 3.86. The quantitative estimate of drug-likeness (QED) is 0.728. The molecule has 0 spiro atoms. The zero-order chi connectivity index (χ0) is 17.4. The number of aromatic nitrogens is 1. The first-order chi connectivity index (χ1) is 12.1. The Hall–Kier alpha value is -2.92. The Morgan fingerprint density at radius 2 is 1.84 bits per heavy atom. The van der Waals surface area contributed by atoms with Crippen LogP contribution in [0, 0.1) is 0 Å². The molecule has 0 saturated carbocycles. The molecule has 3 aromatic rings. The van der Waals surface area contributed by atoms with Crippen LogP contribution < -0.4 is 4.87 Å². The fourth-order valence-electron chi connectivity index (χ4n) is 3.07. The van der Waals surface area contributed by atoms with Gasteiger partial charge in [0.25, 0.3) is 0 Å². The molecule has 0 bridgehead atoms. The molecule has 124 valence electrons. The fourth-order valence-corrected chi connectivity index (χ4v) is 3.74. The molecule has 0 saturated heterocycles. The molecule has 2 aromatic carbocycles. The minimum absolute atomic E-state index is 0.0951. The fraction of sp³-hybridized carbons (Fsp3) is 0.100. The molecule has 1 aliphatic heterocycles. The summed E-state index contributed by atoms with van der Waals surface area (Å²) in [5.74, 6) is -0.00347. The maximum Gasteiger partial charge on any atom is 0.307 e. The second-order valence-electron chi connectivity index (χ2n) is 5.93. The number of aliphatic imine (C=N–C) groups is 1. The molecule has 2 heterocycles. The lowest BCUT2D eigenvalue weighted by Gasteiger charge is -2.14. The Morgan fingerprint density at radius 1 is 1.12 bits per heavy atom. The molecular formula is C20H16N2O2S. The van der Waals surface area contributed by atoms with E-state index in [0.29, 0.717) is 4.88 Å². The van der Waals surface area contributed by atoms with Crippen molar-refractivity contribution in [2.45, 2.75) is 12.8 Å². The third-order valence-corrected chi connectivity index (χ3v) is 5.17. The van der Waals surface area contributed by atoms with Crippen LogP contribution in [0.3, 0.4) is 0 Å².